The number of benzene rings is 1. The van der Waals surface area contributed by atoms with Crippen LogP contribution in [-0.2, 0) is 90.6 Å². The van der Waals surface area contributed by atoms with Crippen LogP contribution in [0.25, 0.3) is 4.85 Å². The number of halogens is 2. The number of carbonyl (C=O) groups excluding carboxylic acids is 10. The molecule has 0 atom stereocenters. The number of fused-ring (bicyclic) bond motifs is 1. The van der Waals surface area contributed by atoms with Gasteiger partial charge in [-0.05, 0) is 141 Å². The van der Waals surface area contributed by atoms with E-state index < -0.39 is 47.9 Å². The lowest BCUT2D eigenvalue weighted by molar-refractivity contribution is -0.161. The summed E-state index contributed by atoms with van der Waals surface area (Å²) in [6.07, 6.45) is 9.71. The van der Waals surface area contributed by atoms with E-state index in [0.717, 1.165) is 29.6 Å². The number of nitrogens with zero attached hydrogens (tertiary/aromatic N) is 1. The van der Waals surface area contributed by atoms with Crippen molar-refractivity contribution in [1.82, 2.24) is 0 Å². The van der Waals surface area contributed by atoms with Crippen LogP contribution in [-0.4, -0.2) is 137 Å². The Hall–Kier alpha value is -5.87. The highest BCUT2D eigenvalue weighted by molar-refractivity contribution is 8.24. The summed E-state index contributed by atoms with van der Waals surface area (Å²) in [6, 6.07) is 2.98. The SMILES string of the molecule is [C-]#[N+]C(C(=O)OCCOCCOC(=O)C=C)=C1Sc2c(OC(=O)C3CCC(OC(=O)C4CCC(C(=O)OCCCCOC(=O)CCCl)CC4)CC3)ccc(OC(=O)C3CCC(OC(=O)C4CCC(C(=O)OCCCCOC(=O)CCCl)CC4)CC3)c2S1. The molecule has 22 nitrogen and oxygen atoms in total. The van der Waals surface area contributed by atoms with Gasteiger partial charge in [0.25, 0.3) is 5.70 Å². The molecule has 4 aliphatic carbocycles. The van der Waals surface area contributed by atoms with Crippen LogP contribution in [0.15, 0.2) is 44.5 Å². The highest BCUT2D eigenvalue weighted by atomic mass is 35.5. The second-order valence-electron chi connectivity index (χ2n) is 21.6. The fourth-order valence-corrected chi connectivity index (χ4v) is 13.4. The highest BCUT2D eigenvalue weighted by Gasteiger charge is 2.39. The van der Waals surface area contributed by atoms with Gasteiger partial charge in [-0.1, -0.05) is 30.1 Å². The number of unbranched alkanes of at least 4 members (excludes halogenated alkanes) is 2. The molecule has 0 unspecified atom stereocenters. The second-order valence-corrected chi connectivity index (χ2v) is 24.7. The summed E-state index contributed by atoms with van der Waals surface area (Å²) in [4.78, 5) is 131. The zero-order valence-corrected chi connectivity index (χ0v) is 51.9. The third kappa shape index (κ3) is 23.2. The summed E-state index contributed by atoms with van der Waals surface area (Å²) in [6.45, 7) is 11.8. The minimum Gasteiger partial charge on any atom is -0.468 e. The molecule has 6 rings (SSSR count). The monoisotopic (exact) mass is 1290 g/mol. The molecular formula is C61H77Cl2NO21S2. The van der Waals surface area contributed by atoms with Crippen molar-refractivity contribution in [2.24, 2.45) is 35.5 Å². The van der Waals surface area contributed by atoms with E-state index in [1.54, 1.807) is 0 Å². The van der Waals surface area contributed by atoms with Crippen LogP contribution in [0.4, 0.5) is 0 Å². The first-order valence-corrected chi connectivity index (χ1v) is 32.6. The van der Waals surface area contributed by atoms with Gasteiger partial charge in [-0.3, -0.25) is 43.2 Å². The quantitative estimate of drug-likeness (QED) is 0.0123. The Morgan fingerprint density at radius 1 is 0.471 bits per heavy atom. The molecule has 0 bridgehead atoms. The van der Waals surface area contributed by atoms with Crippen LogP contribution in [0.1, 0.15) is 141 Å². The average Bonchev–Trinajstić information content (AvgIpc) is 2.22. The third-order valence-corrected chi connectivity index (χ3v) is 18.5. The number of thioether (sulfide) groups is 2. The molecule has 0 radical (unpaired) electrons. The summed E-state index contributed by atoms with van der Waals surface area (Å²) in [7, 11) is 0. The van der Waals surface area contributed by atoms with Crippen molar-refractivity contribution in [1.29, 1.82) is 0 Å². The Labute approximate surface area is 524 Å². The molecule has 1 heterocycles. The maximum Gasteiger partial charge on any atom is 0.338 e. The van der Waals surface area contributed by atoms with Gasteiger partial charge in [0, 0.05) is 17.8 Å². The lowest BCUT2D eigenvalue weighted by Gasteiger charge is -2.30. The van der Waals surface area contributed by atoms with Gasteiger partial charge in [0.05, 0.1) is 109 Å². The third-order valence-electron chi connectivity index (χ3n) is 15.5. The first-order valence-electron chi connectivity index (χ1n) is 29.9. The topological polar surface area (TPSA) is 277 Å². The zero-order valence-electron chi connectivity index (χ0n) is 48.8. The zero-order chi connectivity index (χ0) is 62.5. The largest absolute Gasteiger partial charge is 0.468 e. The first kappa shape index (κ1) is 70.2. The molecule has 4 saturated carbocycles. The molecule has 5 aliphatic rings. The predicted octanol–water partition coefficient (Wildman–Crippen LogP) is 9.88. The van der Waals surface area contributed by atoms with Crippen molar-refractivity contribution in [3.8, 4) is 11.5 Å². The van der Waals surface area contributed by atoms with Crippen molar-refractivity contribution in [3.63, 3.8) is 0 Å². The minimum atomic E-state index is -0.948. The molecule has 1 aromatic carbocycles. The van der Waals surface area contributed by atoms with Crippen LogP contribution in [0.2, 0.25) is 0 Å². The number of esters is 10. The smallest absolute Gasteiger partial charge is 0.338 e. The number of ether oxygens (including phenoxy) is 11. The van der Waals surface area contributed by atoms with Crippen LogP contribution < -0.4 is 9.47 Å². The van der Waals surface area contributed by atoms with E-state index in [1.165, 1.54) is 12.1 Å². The number of rotatable bonds is 32. The van der Waals surface area contributed by atoms with Gasteiger partial charge in [-0.2, -0.15) is 0 Å². The van der Waals surface area contributed by atoms with Gasteiger partial charge >= 0.3 is 59.7 Å². The van der Waals surface area contributed by atoms with Crippen molar-refractivity contribution in [2.45, 2.75) is 163 Å². The van der Waals surface area contributed by atoms with Crippen LogP contribution in [0.5, 0.6) is 11.5 Å². The Kier molecular flexibility index (Phi) is 30.6. The average molecular weight is 1300 g/mol. The molecule has 87 heavy (non-hydrogen) atoms. The molecule has 26 heteroatoms. The van der Waals surface area contributed by atoms with Gasteiger partial charge in [0.15, 0.2) is 0 Å². The number of carbonyl (C=O) groups is 10. The van der Waals surface area contributed by atoms with Crippen LogP contribution >= 0.6 is 46.7 Å². The summed E-state index contributed by atoms with van der Waals surface area (Å²) in [5.74, 6) is -6.50. The van der Waals surface area contributed by atoms with E-state index >= 15 is 0 Å². The molecule has 0 spiro atoms. The Morgan fingerprint density at radius 3 is 1.21 bits per heavy atom. The Balaban J connectivity index is 0.976. The van der Waals surface area contributed by atoms with Gasteiger partial charge < -0.3 is 52.1 Å². The van der Waals surface area contributed by atoms with Crippen LogP contribution in [0.3, 0.4) is 0 Å². The summed E-state index contributed by atoms with van der Waals surface area (Å²) in [5.41, 5.74) is -0.366. The number of hydrogen-bond acceptors (Lipinski definition) is 23. The molecule has 0 saturated heterocycles. The Bertz CT molecular complexity index is 2490. The molecule has 0 aromatic heterocycles. The standard InChI is InChI=1S/C61H77Cl2NO21S2/c1-3-48(65)78-36-34-75-35-37-81-60(74)51(64-2)61-86-52-46(84-58(72)42-16-20-44(21-17-42)82-56(70)40-12-8-38(9-13-40)54(68)79-32-6-4-30-76-49(66)26-28-62)24-25-47(53(52)87-61)85-59(73)43-18-22-45(23-19-43)83-57(71)41-14-10-39(11-15-41)55(69)80-33-7-5-31-77-50(67)27-29-63/h3,24-25,38-45H,1,4-23,26-37H2. The molecule has 0 amide bonds. The normalized spacial score (nSPS) is 22.3. The predicted molar refractivity (Wildman–Crippen MR) is 314 cm³/mol. The molecule has 478 valence electrons. The van der Waals surface area contributed by atoms with Gasteiger partial charge in [0.2, 0.25) is 0 Å². The second kappa shape index (κ2) is 37.9. The highest BCUT2D eigenvalue weighted by Crippen LogP contribution is 2.59. The van der Waals surface area contributed by atoms with E-state index in [2.05, 4.69) is 11.4 Å². The van der Waals surface area contributed by atoms with E-state index in [-0.39, 0.29) is 158 Å². The maximum atomic E-state index is 13.9. The van der Waals surface area contributed by atoms with Crippen molar-refractivity contribution in [3.05, 3.63) is 46.1 Å². The fraction of sp³-hybridized carbons (Fsp3) is 0.656. The van der Waals surface area contributed by atoms with E-state index in [1.807, 2.05) is 0 Å². The van der Waals surface area contributed by atoms with Crippen molar-refractivity contribution in [2.75, 3.05) is 64.6 Å². The van der Waals surface area contributed by atoms with Crippen molar-refractivity contribution < 1.29 is 100 Å². The van der Waals surface area contributed by atoms with Gasteiger partial charge in [-0.25, -0.2) is 9.64 Å². The molecule has 1 aromatic rings. The maximum absolute atomic E-state index is 13.9. The minimum absolute atomic E-state index is 0.0280. The molecule has 0 N–H and O–H groups in total. The van der Waals surface area contributed by atoms with Crippen molar-refractivity contribution >= 4 is 106 Å². The number of alkyl halides is 2. The lowest BCUT2D eigenvalue weighted by Crippen LogP contribution is -2.33. The van der Waals surface area contributed by atoms with Crippen LogP contribution in [0, 0.1) is 42.1 Å². The van der Waals surface area contributed by atoms with E-state index in [9.17, 15) is 47.9 Å². The van der Waals surface area contributed by atoms with E-state index in [4.69, 9.17) is 81.9 Å². The molecule has 1 aliphatic heterocycles. The summed E-state index contributed by atoms with van der Waals surface area (Å²) in [5, 5.41) is 0. The summed E-state index contributed by atoms with van der Waals surface area (Å²) >= 11 is 13.0. The lowest BCUT2D eigenvalue weighted by atomic mass is 9.82. The van der Waals surface area contributed by atoms with E-state index in [0.29, 0.717) is 138 Å². The Morgan fingerprint density at radius 2 is 0.828 bits per heavy atom. The first-order chi connectivity index (χ1) is 42.1. The van der Waals surface area contributed by atoms with Gasteiger partial charge in [0.1, 0.15) is 36.9 Å². The summed E-state index contributed by atoms with van der Waals surface area (Å²) < 4.78 is 60.7. The van der Waals surface area contributed by atoms with Gasteiger partial charge in [-0.15, -0.1) is 23.2 Å². The molecular weight excluding hydrogens is 1220 g/mol. The number of hydrogen-bond donors (Lipinski definition) is 0. The fourth-order valence-electron chi connectivity index (χ4n) is 10.5. The molecule has 4 fully saturated rings.